The smallest absolute Gasteiger partial charge is 0.0228 e. The SMILES string of the molecule is C1=CC2CCC1C2.CCCC. The summed E-state index contributed by atoms with van der Waals surface area (Å²) < 4.78 is 0. The normalized spacial score (nSPS) is 31.8. The molecule has 0 nitrogen and oxygen atoms in total. The van der Waals surface area contributed by atoms with E-state index in [-0.39, 0.29) is 0 Å². The molecule has 2 aliphatic rings. The zero-order valence-corrected chi connectivity index (χ0v) is 7.84. The van der Waals surface area contributed by atoms with Crippen molar-refractivity contribution in [2.24, 2.45) is 11.8 Å². The lowest BCUT2D eigenvalue weighted by Crippen LogP contribution is -1.82. The Bertz CT molecular complexity index is 110. The fraction of sp³-hybridized carbons (Fsp3) is 0.818. The standard InChI is InChI=1S/C7H10.C4H10/c1-2-7-4-3-6(1)5-7;1-3-4-2/h1-2,6-7H,3-5H2;3-4H2,1-2H3. The van der Waals surface area contributed by atoms with Crippen LogP contribution in [-0.4, -0.2) is 0 Å². The molecule has 2 unspecified atom stereocenters. The molecule has 0 spiro atoms. The van der Waals surface area contributed by atoms with Crippen molar-refractivity contribution < 1.29 is 0 Å². The van der Waals surface area contributed by atoms with E-state index in [0.717, 1.165) is 11.8 Å². The highest BCUT2D eigenvalue weighted by Gasteiger charge is 2.25. The van der Waals surface area contributed by atoms with Crippen molar-refractivity contribution in [3.8, 4) is 0 Å². The van der Waals surface area contributed by atoms with E-state index in [0.29, 0.717) is 0 Å². The second-order valence-corrected chi connectivity index (χ2v) is 3.72. The zero-order chi connectivity index (χ0) is 8.10. The van der Waals surface area contributed by atoms with Crippen LogP contribution in [0.4, 0.5) is 0 Å². The Morgan fingerprint density at radius 1 is 1.00 bits per heavy atom. The van der Waals surface area contributed by atoms with Gasteiger partial charge in [0.15, 0.2) is 0 Å². The molecule has 1 saturated carbocycles. The minimum atomic E-state index is 0.991. The van der Waals surface area contributed by atoms with E-state index in [1.807, 2.05) is 0 Å². The van der Waals surface area contributed by atoms with Crippen LogP contribution in [0.2, 0.25) is 0 Å². The number of hydrogen-bond donors (Lipinski definition) is 0. The van der Waals surface area contributed by atoms with Gasteiger partial charge in [0.05, 0.1) is 0 Å². The molecule has 0 saturated heterocycles. The maximum atomic E-state index is 2.38. The summed E-state index contributed by atoms with van der Waals surface area (Å²) in [6.07, 6.45) is 11.8. The highest BCUT2D eigenvalue weighted by Crippen LogP contribution is 2.38. The summed E-state index contributed by atoms with van der Waals surface area (Å²) in [7, 11) is 0. The van der Waals surface area contributed by atoms with Crippen molar-refractivity contribution in [3.05, 3.63) is 12.2 Å². The van der Waals surface area contributed by atoms with Gasteiger partial charge in [-0.15, -0.1) is 0 Å². The first-order valence-electron chi connectivity index (χ1n) is 5.05. The quantitative estimate of drug-likeness (QED) is 0.502. The molecule has 0 aromatic heterocycles. The van der Waals surface area contributed by atoms with Crippen LogP contribution >= 0.6 is 0 Å². The fourth-order valence-electron chi connectivity index (χ4n) is 1.72. The Labute approximate surface area is 70.7 Å². The fourth-order valence-corrected chi connectivity index (χ4v) is 1.72. The van der Waals surface area contributed by atoms with Gasteiger partial charge in [-0.1, -0.05) is 38.8 Å². The summed E-state index contributed by atoms with van der Waals surface area (Å²) in [5, 5.41) is 0. The molecular formula is C11H20. The highest BCUT2D eigenvalue weighted by molar-refractivity contribution is 5.06. The summed E-state index contributed by atoms with van der Waals surface area (Å²) in [6, 6.07) is 0. The lowest BCUT2D eigenvalue weighted by molar-refractivity contribution is 0.691. The Morgan fingerprint density at radius 2 is 1.45 bits per heavy atom. The largest absolute Gasteiger partial charge is 0.0851 e. The maximum absolute atomic E-state index is 2.38. The molecule has 0 heteroatoms. The van der Waals surface area contributed by atoms with Gasteiger partial charge >= 0.3 is 0 Å². The second kappa shape index (κ2) is 4.58. The molecule has 2 atom stereocenters. The van der Waals surface area contributed by atoms with Crippen LogP contribution in [-0.2, 0) is 0 Å². The summed E-state index contributed by atoms with van der Waals surface area (Å²) in [5.74, 6) is 1.98. The minimum Gasteiger partial charge on any atom is -0.0851 e. The van der Waals surface area contributed by atoms with Crippen molar-refractivity contribution >= 4 is 0 Å². The molecule has 2 rings (SSSR count). The van der Waals surface area contributed by atoms with E-state index >= 15 is 0 Å². The van der Waals surface area contributed by atoms with Crippen LogP contribution < -0.4 is 0 Å². The molecular weight excluding hydrogens is 132 g/mol. The van der Waals surface area contributed by atoms with E-state index in [1.54, 1.807) is 0 Å². The molecule has 0 aromatic carbocycles. The molecule has 1 fully saturated rings. The van der Waals surface area contributed by atoms with E-state index in [1.165, 1.54) is 32.1 Å². The Morgan fingerprint density at radius 3 is 1.55 bits per heavy atom. The van der Waals surface area contributed by atoms with E-state index in [9.17, 15) is 0 Å². The first kappa shape index (κ1) is 8.83. The summed E-state index contributed by atoms with van der Waals surface area (Å²) in [6.45, 7) is 4.36. The molecule has 11 heavy (non-hydrogen) atoms. The number of allylic oxidation sites excluding steroid dienone is 2. The molecule has 0 heterocycles. The van der Waals surface area contributed by atoms with Crippen LogP contribution in [0.5, 0.6) is 0 Å². The molecule has 0 aromatic rings. The van der Waals surface area contributed by atoms with Crippen LogP contribution in [0.3, 0.4) is 0 Å². The van der Waals surface area contributed by atoms with Gasteiger partial charge in [0.2, 0.25) is 0 Å². The highest BCUT2D eigenvalue weighted by atomic mass is 14.3. The van der Waals surface area contributed by atoms with Gasteiger partial charge in [0, 0.05) is 0 Å². The average molecular weight is 152 g/mol. The van der Waals surface area contributed by atoms with Gasteiger partial charge in [0.25, 0.3) is 0 Å². The molecule has 0 N–H and O–H groups in total. The van der Waals surface area contributed by atoms with Crippen LogP contribution in [0.25, 0.3) is 0 Å². The first-order chi connectivity index (χ1) is 5.36. The predicted molar refractivity (Wildman–Crippen MR) is 50.6 cm³/mol. The van der Waals surface area contributed by atoms with Crippen LogP contribution in [0.1, 0.15) is 46.0 Å². The summed E-state index contributed by atoms with van der Waals surface area (Å²) in [4.78, 5) is 0. The third-order valence-electron chi connectivity index (χ3n) is 2.67. The molecule has 64 valence electrons. The van der Waals surface area contributed by atoms with E-state index in [4.69, 9.17) is 0 Å². The van der Waals surface area contributed by atoms with Gasteiger partial charge < -0.3 is 0 Å². The molecule has 2 aliphatic carbocycles. The van der Waals surface area contributed by atoms with Crippen LogP contribution in [0.15, 0.2) is 12.2 Å². The van der Waals surface area contributed by atoms with Crippen molar-refractivity contribution in [2.45, 2.75) is 46.0 Å². The van der Waals surface area contributed by atoms with E-state index < -0.39 is 0 Å². The lowest BCUT2D eigenvalue weighted by Gasteiger charge is -1.96. The Kier molecular flexibility index (Phi) is 3.68. The third kappa shape index (κ3) is 2.69. The van der Waals surface area contributed by atoms with Gasteiger partial charge in [0.1, 0.15) is 0 Å². The third-order valence-corrected chi connectivity index (χ3v) is 2.67. The lowest BCUT2D eigenvalue weighted by atomic mass is 10.1. The number of hydrogen-bond acceptors (Lipinski definition) is 0. The topological polar surface area (TPSA) is 0 Å². The Hall–Kier alpha value is -0.260. The second-order valence-electron chi connectivity index (χ2n) is 3.72. The molecule has 0 aliphatic heterocycles. The van der Waals surface area contributed by atoms with Crippen molar-refractivity contribution in [2.75, 3.05) is 0 Å². The number of rotatable bonds is 1. The van der Waals surface area contributed by atoms with Crippen LogP contribution in [0, 0.1) is 11.8 Å². The van der Waals surface area contributed by atoms with Crippen molar-refractivity contribution in [1.82, 2.24) is 0 Å². The maximum Gasteiger partial charge on any atom is -0.0228 e. The molecule has 0 radical (unpaired) electrons. The Balaban J connectivity index is 0.000000134. The van der Waals surface area contributed by atoms with Crippen molar-refractivity contribution in [3.63, 3.8) is 0 Å². The molecule has 0 amide bonds. The monoisotopic (exact) mass is 152 g/mol. The number of unbranched alkanes of at least 4 members (excludes halogenated alkanes) is 1. The summed E-state index contributed by atoms with van der Waals surface area (Å²) in [5.41, 5.74) is 0. The van der Waals surface area contributed by atoms with Gasteiger partial charge in [-0.25, -0.2) is 0 Å². The minimum absolute atomic E-state index is 0.991. The first-order valence-corrected chi connectivity index (χ1v) is 5.05. The average Bonchev–Trinajstić information content (AvgIpc) is 2.67. The van der Waals surface area contributed by atoms with Gasteiger partial charge in [-0.2, -0.15) is 0 Å². The zero-order valence-electron chi connectivity index (χ0n) is 7.84. The van der Waals surface area contributed by atoms with Crippen molar-refractivity contribution in [1.29, 1.82) is 0 Å². The van der Waals surface area contributed by atoms with E-state index in [2.05, 4.69) is 26.0 Å². The van der Waals surface area contributed by atoms with Gasteiger partial charge in [-0.05, 0) is 31.1 Å². The predicted octanol–water partition coefficient (Wildman–Crippen LogP) is 3.78. The summed E-state index contributed by atoms with van der Waals surface area (Å²) >= 11 is 0. The number of fused-ring (bicyclic) bond motifs is 2. The molecule has 2 bridgehead atoms. The van der Waals surface area contributed by atoms with Gasteiger partial charge in [-0.3, -0.25) is 0 Å².